The summed E-state index contributed by atoms with van der Waals surface area (Å²) in [7, 11) is 1.51. The van der Waals surface area contributed by atoms with Gasteiger partial charge in [-0.05, 0) is 47.5 Å². The summed E-state index contributed by atoms with van der Waals surface area (Å²) in [6.45, 7) is 3.79. The molecule has 0 spiro atoms. The standard InChI is InChI=1S/C10H14BrNO2/c1-10(2,12)6-4-7(11)9(13)8(5-6)14-3/h4-5,13H,12H2,1-3H3. The third-order valence-corrected chi connectivity index (χ3v) is 2.60. The molecule has 0 aliphatic rings. The van der Waals surface area contributed by atoms with Crippen molar-refractivity contribution < 1.29 is 9.84 Å². The Bertz CT molecular complexity index is 345. The minimum Gasteiger partial charge on any atom is -0.503 e. The predicted molar refractivity (Wildman–Crippen MR) is 59.6 cm³/mol. The Morgan fingerprint density at radius 1 is 1.43 bits per heavy atom. The van der Waals surface area contributed by atoms with E-state index in [1.807, 2.05) is 13.8 Å². The van der Waals surface area contributed by atoms with Crippen molar-refractivity contribution in [1.29, 1.82) is 0 Å². The predicted octanol–water partition coefficient (Wildman–Crippen LogP) is 2.36. The lowest BCUT2D eigenvalue weighted by molar-refractivity contribution is 0.369. The molecule has 0 aliphatic carbocycles. The van der Waals surface area contributed by atoms with E-state index in [9.17, 15) is 5.11 Å². The number of halogens is 1. The van der Waals surface area contributed by atoms with Crippen LogP contribution in [0.5, 0.6) is 11.5 Å². The summed E-state index contributed by atoms with van der Waals surface area (Å²) in [6.07, 6.45) is 0. The van der Waals surface area contributed by atoms with Crippen LogP contribution in [0.15, 0.2) is 16.6 Å². The van der Waals surface area contributed by atoms with E-state index < -0.39 is 5.54 Å². The maximum Gasteiger partial charge on any atom is 0.172 e. The summed E-state index contributed by atoms with van der Waals surface area (Å²) < 4.78 is 5.61. The van der Waals surface area contributed by atoms with Gasteiger partial charge in [0.05, 0.1) is 11.6 Å². The topological polar surface area (TPSA) is 55.5 Å². The van der Waals surface area contributed by atoms with Crippen LogP contribution >= 0.6 is 15.9 Å². The molecule has 3 nitrogen and oxygen atoms in total. The van der Waals surface area contributed by atoms with Crippen molar-refractivity contribution >= 4 is 15.9 Å². The largest absolute Gasteiger partial charge is 0.503 e. The van der Waals surface area contributed by atoms with Crippen molar-refractivity contribution in [1.82, 2.24) is 0 Å². The van der Waals surface area contributed by atoms with Gasteiger partial charge in [0, 0.05) is 5.54 Å². The minimum absolute atomic E-state index is 0.0977. The molecule has 0 heterocycles. The van der Waals surface area contributed by atoms with Gasteiger partial charge in [0.1, 0.15) is 0 Å². The lowest BCUT2D eigenvalue weighted by atomic mass is 9.95. The molecule has 0 saturated carbocycles. The fraction of sp³-hybridized carbons (Fsp3) is 0.400. The van der Waals surface area contributed by atoms with Crippen LogP contribution in [0.3, 0.4) is 0 Å². The molecule has 1 aromatic rings. The third kappa shape index (κ3) is 2.19. The van der Waals surface area contributed by atoms with Crippen LogP contribution in [0.1, 0.15) is 19.4 Å². The van der Waals surface area contributed by atoms with E-state index in [-0.39, 0.29) is 5.75 Å². The van der Waals surface area contributed by atoms with E-state index in [2.05, 4.69) is 15.9 Å². The third-order valence-electron chi connectivity index (χ3n) is 1.99. The van der Waals surface area contributed by atoms with Gasteiger partial charge < -0.3 is 15.6 Å². The summed E-state index contributed by atoms with van der Waals surface area (Å²) in [5, 5.41) is 9.58. The van der Waals surface area contributed by atoms with Gasteiger partial charge in [-0.3, -0.25) is 0 Å². The number of hydrogen-bond donors (Lipinski definition) is 2. The van der Waals surface area contributed by atoms with Gasteiger partial charge >= 0.3 is 0 Å². The second kappa shape index (κ2) is 3.79. The van der Waals surface area contributed by atoms with Crippen molar-refractivity contribution in [2.24, 2.45) is 5.73 Å². The zero-order valence-corrected chi connectivity index (χ0v) is 10.1. The van der Waals surface area contributed by atoms with Crippen molar-refractivity contribution in [3.63, 3.8) is 0 Å². The Balaban J connectivity index is 3.30. The molecule has 0 unspecified atom stereocenters. The first-order chi connectivity index (χ1) is 6.36. The number of phenols is 1. The van der Waals surface area contributed by atoms with Crippen LogP contribution in [0, 0.1) is 0 Å². The Morgan fingerprint density at radius 2 is 2.00 bits per heavy atom. The molecule has 0 saturated heterocycles. The number of ether oxygens (including phenoxy) is 1. The number of phenolic OH excluding ortho intramolecular Hbond substituents is 1. The Labute approximate surface area is 92.0 Å². The number of benzene rings is 1. The second-order valence-corrected chi connectivity index (χ2v) is 4.58. The number of methoxy groups -OCH3 is 1. The maximum absolute atomic E-state index is 9.58. The van der Waals surface area contributed by atoms with Gasteiger partial charge in [0.2, 0.25) is 0 Å². The lowest BCUT2D eigenvalue weighted by Crippen LogP contribution is -2.28. The molecule has 0 amide bonds. The Hall–Kier alpha value is -0.740. The lowest BCUT2D eigenvalue weighted by Gasteiger charge is -2.20. The van der Waals surface area contributed by atoms with Crippen molar-refractivity contribution in [2.75, 3.05) is 7.11 Å². The van der Waals surface area contributed by atoms with Gasteiger partial charge in [-0.25, -0.2) is 0 Å². The molecular formula is C10H14BrNO2. The van der Waals surface area contributed by atoms with Gasteiger partial charge in [-0.15, -0.1) is 0 Å². The van der Waals surface area contributed by atoms with Crippen LogP contribution in [0.25, 0.3) is 0 Å². The molecule has 0 atom stereocenters. The fourth-order valence-electron chi connectivity index (χ4n) is 1.10. The van der Waals surface area contributed by atoms with Crippen LogP contribution in [0.2, 0.25) is 0 Å². The number of aromatic hydroxyl groups is 1. The zero-order chi connectivity index (χ0) is 10.9. The zero-order valence-electron chi connectivity index (χ0n) is 8.47. The molecule has 3 N–H and O–H groups in total. The highest BCUT2D eigenvalue weighted by Gasteiger charge is 2.18. The quantitative estimate of drug-likeness (QED) is 0.858. The normalized spacial score (nSPS) is 11.5. The minimum atomic E-state index is -0.455. The van der Waals surface area contributed by atoms with E-state index in [0.717, 1.165) is 5.56 Å². The van der Waals surface area contributed by atoms with Crippen molar-refractivity contribution in [3.8, 4) is 11.5 Å². The number of hydrogen-bond acceptors (Lipinski definition) is 3. The van der Waals surface area contributed by atoms with Gasteiger partial charge in [0.15, 0.2) is 11.5 Å². The molecule has 0 aromatic heterocycles. The van der Waals surface area contributed by atoms with Gasteiger partial charge in [0.25, 0.3) is 0 Å². The smallest absolute Gasteiger partial charge is 0.172 e. The monoisotopic (exact) mass is 259 g/mol. The number of nitrogens with two attached hydrogens (primary N) is 1. The van der Waals surface area contributed by atoms with E-state index in [1.165, 1.54) is 7.11 Å². The second-order valence-electron chi connectivity index (χ2n) is 3.73. The summed E-state index contributed by atoms with van der Waals surface area (Å²) in [5.41, 5.74) is 6.39. The summed E-state index contributed by atoms with van der Waals surface area (Å²) in [4.78, 5) is 0. The van der Waals surface area contributed by atoms with E-state index >= 15 is 0 Å². The first-order valence-corrected chi connectivity index (χ1v) is 5.01. The first-order valence-electron chi connectivity index (χ1n) is 4.22. The average Bonchev–Trinajstić information content (AvgIpc) is 2.07. The summed E-state index contributed by atoms with van der Waals surface area (Å²) in [6, 6.07) is 3.53. The van der Waals surface area contributed by atoms with E-state index in [1.54, 1.807) is 12.1 Å². The molecule has 4 heteroatoms. The molecule has 78 valence electrons. The highest BCUT2D eigenvalue weighted by molar-refractivity contribution is 9.10. The molecule has 1 aromatic carbocycles. The number of rotatable bonds is 2. The van der Waals surface area contributed by atoms with E-state index in [0.29, 0.717) is 10.2 Å². The Kier molecular flexibility index (Phi) is 3.07. The highest BCUT2D eigenvalue weighted by atomic mass is 79.9. The molecule has 0 aliphatic heterocycles. The van der Waals surface area contributed by atoms with Crippen molar-refractivity contribution in [2.45, 2.75) is 19.4 Å². The van der Waals surface area contributed by atoms with E-state index in [4.69, 9.17) is 10.5 Å². The maximum atomic E-state index is 9.58. The summed E-state index contributed by atoms with van der Waals surface area (Å²) in [5.74, 6) is 0.522. The van der Waals surface area contributed by atoms with Crippen LogP contribution in [-0.2, 0) is 5.54 Å². The molecule has 1 rings (SSSR count). The van der Waals surface area contributed by atoms with Crippen LogP contribution < -0.4 is 10.5 Å². The molecule has 0 bridgehead atoms. The fourth-order valence-corrected chi connectivity index (χ4v) is 1.54. The van der Waals surface area contributed by atoms with Crippen LogP contribution in [0.4, 0.5) is 0 Å². The van der Waals surface area contributed by atoms with Gasteiger partial charge in [-0.2, -0.15) is 0 Å². The van der Waals surface area contributed by atoms with Crippen LogP contribution in [-0.4, -0.2) is 12.2 Å². The molecule has 14 heavy (non-hydrogen) atoms. The molecule has 0 fully saturated rings. The summed E-state index contributed by atoms with van der Waals surface area (Å²) >= 11 is 3.24. The molecular weight excluding hydrogens is 246 g/mol. The SMILES string of the molecule is COc1cc(C(C)(C)N)cc(Br)c1O. The molecule has 0 radical (unpaired) electrons. The van der Waals surface area contributed by atoms with Crippen molar-refractivity contribution in [3.05, 3.63) is 22.2 Å². The first kappa shape index (κ1) is 11.3. The average molecular weight is 260 g/mol. The highest BCUT2D eigenvalue weighted by Crippen LogP contribution is 2.37. The Morgan fingerprint density at radius 3 is 2.43 bits per heavy atom. The van der Waals surface area contributed by atoms with Gasteiger partial charge in [-0.1, -0.05) is 0 Å².